The highest BCUT2D eigenvalue weighted by atomic mass is 32.1. The van der Waals surface area contributed by atoms with Crippen molar-refractivity contribution < 1.29 is 0 Å². The zero-order chi connectivity index (χ0) is 9.80. The third kappa shape index (κ3) is 2.45. The van der Waals surface area contributed by atoms with Gasteiger partial charge in [-0.25, -0.2) is 10.4 Å². The molecule has 14 heavy (non-hydrogen) atoms. The lowest BCUT2D eigenvalue weighted by Gasteiger charge is -2.28. The van der Waals surface area contributed by atoms with E-state index in [2.05, 4.69) is 15.4 Å². The fourth-order valence-electron chi connectivity index (χ4n) is 1.94. The van der Waals surface area contributed by atoms with Crippen LogP contribution in [0.3, 0.4) is 0 Å². The Hall–Kier alpha value is -0.610. The minimum absolute atomic E-state index is 0.651. The number of hydrogen-bond acceptors (Lipinski definition) is 4. The standard InChI is InChI=1S/C10H17N3S/c1-13(10-11-7-8-14-10)12-9-5-3-2-4-6-9/h7-9,12H,2-6H2,1H3. The molecule has 0 amide bonds. The van der Waals surface area contributed by atoms with Crippen LogP contribution in [0.15, 0.2) is 11.6 Å². The van der Waals surface area contributed by atoms with Crippen molar-refractivity contribution >= 4 is 16.5 Å². The summed E-state index contributed by atoms with van der Waals surface area (Å²) >= 11 is 1.67. The van der Waals surface area contributed by atoms with Gasteiger partial charge in [0.15, 0.2) is 5.13 Å². The second kappa shape index (κ2) is 4.75. The highest BCUT2D eigenvalue weighted by Gasteiger charge is 2.15. The van der Waals surface area contributed by atoms with Crippen LogP contribution in [0.2, 0.25) is 0 Å². The smallest absolute Gasteiger partial charge is 0.199 e. The minimum Gasteiger partial charge on any atom is -0.286 e. The van der Waals surface area contributed by atoms with Crippen molar-refractivity contribution in [2.75, 3.05) is 12.1 Å². The monoisotopic (exact) mass is 211 g/mol. The second-order valence-corrected chi connectivity index (χ2v) is 4.71. The van der Waals surface area contributed by atoms with E-state index >= 15 is 0 Å². The first-order chi connectivity index (χ1) is 6.86. The number of nitrogens with one attached hydrogen (secondary N) is 1. The van der Waals surface area contributed by atoms with Crippen molar-refractivity contribution in [1.82, 2.24) is 10.4 Å². The van der Waals surface area contributed by atoms with Crippen molar-refractivity contribution in [2.45, 2.75) is 38.1 Å². The Morgan fingerprint density at radius 2 is 2.21 bits per heavy atom. The number of rotatable bonds is 3. The minimum atomic E-state index is 0.651. The van der Waals surface area contributed by atoms with E-state index in [0.717, 1.165) is 5.13 Å². The number of aromatic nitrogens is 1. The molecule has 0 aliphatic heterocycles. The van der Waals surface area contributed by atoms with Crippen LogP contribution < -0.4 is 10.4 Å². The molecule has 2 rings (SSSR count). The number of hydrogen-bond donors (Lipinski definition) is 1. The largest absolute Gasteiger partial charge is 0.286 e. The normalized spacial score (nSPS) is 18.4. The van der Waals surface area contributed by atoms with Gasteiger partial charge < -0.3 is 0 Å². The van der Waals surface area contributed by atoms with E-state index in [1.807, 2.05) is 18.6 Å². The summed E-state index contributed by atoms with van der Waals surface area (Å²) < 4.78 is 0. The average molecular weight is 211 g/mol. The lowest BCUT2D eigenvalue weighted by atomic mass is 9.96. The summed E-state index contributed by atoms with van der Waals surface area (Å²) in [7, 11) is 2.05. The summed E-state index contributed by atoms with van der Waals surface area (Å²) in [4.78, 5) is 4.26. The van der Waals surface area contributed by atoms with E-state index < -0.39 is 0 Å². The lowest BCUT2D eigenvalue weighted by molar-refractivity contribution is 0.371. The summed E-state index contributed by atoms with van der Waals surface area (Å²) in [6.07, 6.45) is 8.58. The van der Waals surface area contributed by atoms with E-state index in [4.69, 9.17) is 0 Å². The molecule has 1 heterocycles. The molecule has 0 atom stereocenters. The number of hydrazine groups is 1. The molecular weight excluding hydrogens is 194 g/mol. The van der Waals surface area contributed by atoms with Crippen LogP contribution in [-0.4, -0.2) is 18.1 Å². The number of anilines is 1. The van der Waals surface area contributed by atoms with Gasteiger partial charge in [0.1, 0.15) is 0 Å². The molecule has 0 bridgehead atoms. The third-order valence-electron chi connectivity index (χ3n) is 2.69. The Morgan fingerprint density at radius 1 is 1.43 bits per heavy atom. The molecule has 1 fully saturated rings. The summed E-state index contributed by atoms with van der Waals surface area (Å²) in [6, 6.07) is 0.651. The SMILES string of the molecule is CN(NC1CCCCC1)c1nccs1. The maximum atomic E-state index is 4.26. The van der Waals surface area contributed by atoms with Gasteiger partial charge in [-0.05, 0) is 12.8 Å². The molecule has 1 aliphatic carbocycles. The molecule has 1 aromatic rings. The summed E-state index contributed by atoms with van der Waals surface area (Å²) in [6.45, 7) is 0. The molecule has 3 nitrogen and oxygen atoms in total. The maximum Gasteiger partial charge on any atom is 0.199 e. The first kappa shape index (κ1) is 9.93. The Bertz CT molecular complexity index is 254. The maximum absolute atomic E-state index is 4.26. The molecule has 1 aromatic heterocycles. The summed E-state index contributed by atoms with van der Waals surface area (Å²) in [5.74, 6) is 0. The highest BCUT2D eigenvalue weighted by molar-refractivity contribution is 7.13. The van der Waals surface area contributed by atoms with E-state index in [0.29, 0.717) is 6.04 Å². The van der Waals surface area contributed by atoms with Crippen molar-refractivity contribution in [3.8, 4) is 0 Å². The van der Waals surface area contributed by atoms with E-state index in [-0.39, 0.29) is 0 Å². The van der Waals surface area contributed by atoms with Gasteiger partial charge in [-0.2, -0.15) is 0 Å². The van der Waals surface area contributed by atoms with Crippen molar-refractivity contribution in [3.63, 3.8) is 0 Å². The zero-order valence-electron chi connectivity index (χ0n) is 8.57. The van der Waals surface area contributed by atoms with Gasteiger partial charge in [0.05, 0.1) is 0 Å². The van der Waals surface area contributed by atoms with E-state index in [9.17, 15) is 0 Å². The molecular formula is C10H17N3S. The molecule has 1 aliphatic rings. The number of nitrogens with zero attached hydrogens (tertiary/aromatic N) is 2. The first-order valence-corrected chi connectivity index (χ1v) is 6.13. The Labute approximate surface area is 89.1 Å². The van der Waals surface area contributed by atoms with Crippen LogP contribution in [0.25, 0.3) is 0 Å². The fraction of sp³-hybridized carbons (Fsp3) is 0.700. The molecule has 0 radical (unpaired) electrons. The van der Waals surface area contributed by atoms with Crippen LogP contribution >= 0.6 is 11.3 Å². The van der Waals surface area contributed by atoms with Crippen molar-refractivity contribution in [2.24, 2.45) is 0 Å². The molecule has 0 aromatic carbocycles. The molecule has 4 heteroatoms. The van der Waals surface area contributed by atoms with E-state index in [1.165, 1.54) is 32.1 Å². The topological polar surface area (TPSA) is 28.2 Å². The van der Waals surface area contributed by atoms with Crippen LogP contribution in [0.4, 0.5) is 5.13 Å². The van der Waals surface area contributed by atoms with Gasteiger partial charge >= 0.3 is 0 Å². The van der Waals surface area contributed by atoms with Crippen molar-refractivity contribution in [3.05, 3.63) is 11.6 Å². The van der Waals surface area contributed by atoms with Gasteiger partial charge in [0, 0.05) is 24.7 Å². The van der Waals surface area contributed by atoms with Gasteiger partial charge in [-0.15, -0.1) is 11.3 Å². The number of thiazole rings is 1. The molecule has 1 N–H and O–H groups in total. The quantitative estimate of drug-likeness (QED) is 0.778. The third-order valence-corrected chi connectivity index (χ3v) is 3.54. The summed E-state index contributed by atoms with van der Waals surface area (Å²) in [5.41, 5.74) is 3.50. The summed E-state index contributed by atoms with van der Waals surface area (Å²) in [5, 5.41) is 5.12. The van der Waals surface area contributed by atoms with Gasteiger partial charge in [0.2, 0.25) is 0 Å². The van der Waals surface area contributed by atoms with Crippen LogP contribution in [0, 0.1) is 0 Å². The molecule has 0 saturated heterocycles. The van der Waals surface area contributed by atoms with Crippen LogP contribution in [-0.2, 0) is 0 Å². The van der Waals surface area contributed by atoms with Crippen molar-refractivity contribution in [1.29, 1.82) is 0 Å². The molecule has 0 spiro atoms. The van der Waals surface area contributed by atoms with Crippen LogP contribution in [0.5, 0.6) is 0 Å². The Kier molecular flexibility index (Phi) is 3.37. The van der Waals surface area contributed by atoms with Crippen LogP contribution in [0.1, 0.15) is 32.1 Å². The van der Waals surface area contributed by atoms with E-state index in [1.54, 1.807) is 11.3 Å². The fourth-order valence-corrected chi connectivity index (χ4v) is 2.52. The lowest BCUT2D eigenvalue weighted by Crippen LogP contribution is -2.43. The van der Waals surface area contributed by atoms with Gasteiger partial charge in [-0.3, -0.25) is 5.01 Å². The molecule has 0 unspecified atom stereocenters. The Morgan fingerprint density at radius 3 is 2.86 bits per heavy atom. The zero-order valence-corrected chi connectivity index (χ0v) is 9.39. The predicted octanol–water partition coefficient (Wildman–Crippen LogP) is 2.42. The second-order valence-electron chi connectivity index (χ2n) is 3.84. The molecule has 78 valence electrons. The van der Waals surface area contributed by atoms with Gasteiger partial charge in [-0.1, -0.05) is 19.3 Å². The predicted molar refractivity (Wildman–Crippen MR) is 60.5 cm³/mol. The molecule has 1 saturated carbocycles. The van der Waals surface area contributed by atoms with Gasteiger partial charge in [0.25, 0.3) is 0 Å². The first-order valence-electron chi connectivity index (χ1n) is 5.25. The Balaban J connectivity index is 1.84. The average Bonchev–Trinajstić information content (AvgIpc) is 2.72. The highest BCUT2D eigenvalue weighted by Crippen LogP contribution is 2.20.